The van der Waals surface area contributed by atoms with Gasteiger partial charge >= 0.3 is 0 Å². The normalized spacial score (nSPS) is 12.0. The van der Waals surface area contributed by atoms with Crippen molar-refractivity contribution in [2.24, 2.45) is 5.92 Å². The summed E-state index contributed by atoms with van der Waals surface area (Å²) >= 11 is 0. The Morgan fingerprint density at radius 2 is 1.88 bits per heavy atom. The fourth-order valence-corrected chi connectivity index (χ4v) is 2.67. The molecule has 0 bridgehead atoms. The Morgan fingerprint density at radius 3 is 2.54 bits per heavy atom. The lowest BCUT2D eigenvalue weighted by Crippen LogP contribution is -2.16. The van der Waals surface area contributed by atoms with Crippen molar-refractivity contribution >= 4 is 11.6 Å². The first-order valence-electron chi connectivity index (χ1n) is 7.89. The van der Waals surface area contributed by atoms with Gasteiger partial charge in [-0.25, -0.2) is 4.39 Å². The van der Waals surface area contributed by atoms with Gasteiger partial charge in [0.15, 0.2) is 0 Å². The lowest BCUT2D eigenvalue weighted by atomic mass is 9.97. The molecular formula is C19H22FNO3. The summed E-state index contributed by atoms with van der Waals surface area (Å²) in [5, 5.41) is 21.3. The van der Waals surface area contributed by atoms with Gasteiger partial charge in [0.05, 0.1) is 13.2 Å². The van der Waals surface area contributed by atoms with Gasteiger partial charge in [-0.2, -0.15) is 0 Å². The van der Waals surface area contributed by atoms with Crippen LogP contribution in [0, 0.1) is 11.7 Å². The van der Waals surface area contributed by atoms with Crippen molar-refractivity contribution in [1.29, 1.82) is 0 Å². The van der Waals surface area contributed by atoms with Crippen LogP contribution in [0.1, 0.15) is 30.0 Å². The molecule has 3 N–H and O–H groups in total. The van der Waals surface area contributed by atoms with Crippen LogP contribution < -0.4 is 5.32 Å². The van der Waals surface area contributed by atoms with Gasteiger partial charge in [0.25, 0.3) is 0 Å². The summed E-state index contributed by atoms with van der Waals surface area (Å²) in [6, 6.07) is 11.4. The fraction of sp³-hybridized carbons (Fsp3) is 0.316. The van der Waals surface area contributed by atoms with Gasteiger partial charge in [0.2, 0.25) is 5.91 Å². The van der Waals surface area contributed by atoms with E-state index in [4.69, 9.17) is 0 Å². The topological polar surface area (TPSA) is 69.6 Å². The van der Waals surface area contributed by atoms with Gasteiger partial charge in [0, 0.05) is 12.1 Å². The molecule has 0 fully saturated rings. The molecule has 0 aliphatic heterocycles. The molecule has 0 saturated carbocycles. The SMILES string of the molecule is CC(CC(=O)Nc1ccc(CO)c(CO)c1)Cc1cccc(F)c1. The number of amides is 1. The number of aliphatic hydroxyl groups is 2. The molecule has 5 heteroatoms. The molecule has 1 atom stereocenters. The number of benzene rings is 2. The number of halogens is 1. The van der Waals surface area contributed by atoms with Gasteiger partial charge in [-0.05, 0) is 53.3 Å². The highest BCUT2D eigenvalue weighted by atomic mass is 19.1. The molecule has 24 heavy (non-hydrogen) atoms. The quantitative estimate of drug-likeness (QED) is 0.730. The lowest BCUT2D eigenvalue weighted by molar-refractivity contribution is -0.116. The fourth-order valence-electron chi connectivity index (χ4n) is 2.67. The van der Waals surface area contributed by atoms with Crippen molar-refractivity contribution in [3.63, 3.8) is 0 Å². The van der Waals surface area contributed by atoms with Crippen LogP contribution >= 0.6 is 0 Å². The third-order valence-electron chi connectivity index (χ3n) is 3.84. The zero-order valence-electron chi connectivity index (χ0n) is 13.6. The van der Waals surface area contributed by atoms with E-state index in [0.29, 0.717) is 29.7 Å². The molecule has 0 heterocycles. The maximum absolute atomic E-state index is 13.2. The zero-order valence-corrected chi connectivity index (χ0v) is 13.6. The minimum absolute atomic E-state index is 0.0702. The minimum Gasteiger partial charge on any atom is -0.392 e. The Kier molecular flexibility index (Phi) is 6.46. The number of anilines is 1. The highest BCUT2D eigenvalue weighted by molar-refractivity contribution is 5.91. The number of carbonyl (C=O) groups is 1. The molecule has 2 aromatic carbocycles. The van der Waals surface area contributed by atoms with E-state index in [2.05, 4.69) is 5.32 Å². The van der Waals surface area contributed by atoms with Crippen LogP contribution in [0.2, 0.25) is 0 Å². The first kappa shape index (κ1) is 18.1. The maximum atomic E-state index is 13.2. The number of carbonyl (C=O) groups excluding carboxylic acids is 1. The molecule has 128 valence electrons. The van der Waals surface area contributed by atoms with Crippen molar-refractivity contribution in [3.8, 4) is 0 Å². The molecule has 0 saturated heterocycles. The predicted octanol–water partition coefficient (Wildman–Crippen LogP) is 3.02. The van der Waals surface area contributed by atoms with Gasteiger partial charge in [-0.3, -0.25) is 4.79 Å². The summed E-state index contributed by atoms with van der Waals surface area (Å²) in [5.41, 5.74) is 2.67. The molecule has 0 aliphatic rings. The van der Waals surface area contributed by atoms with Gasteiger partial charge in [-0.1, -0.05) is 25.1 Å². The van der Waals surface area contributed by atoms with Crippen LogP contribution in [-0.4, -0.2) is 16.1 Å². The number of aliphatic hydroxyl groups excluding tert-OH is 2. The molecule has 0 aliphatic carbocycles. The smallest absolute Gasteiger partial charge is 0.224 e. The monoisotopic (exact) mass is 331 g/mol. The van der Waals surface area contributed by atoms with E-state index in [0.717, 1.165) is 5.56 Å². The number of hydrogen-bond acceptors (Lipinski definition) is 3. The summed E-state index contributed by atoms with van der Waals surface area (Å²) in [6.07, 6.45) is 0.934. The standard InChI is InChI=1S/C19H22FNO3/c1-13(7-14-3-2-4-17(20)9-14)8-19(24)21-18-6-5-15(11-22)16(10-18)12-23/h2-6,9-10,13,22-23H,7-8,11-12H2,1H3,(H,21,24). The van der Waals surface area contributed by atoms with Crippen LogP contribution in [0.5, 0.6) is 0 Å². The predicted molar refractivity (Wildman–Crippen MR) is 90.8 cm³/mol. The van der Waals surface area contributed by atoms with Gasteiger partial charge < -0.3 is 15.5 Å². The van der Waals surface area contributed by atoms with Gasteiger partial charge in [0.1, 0.15) is 5.82 Å². The highest BCUT2D eigenvalue weighted by Crippen LogP contribution is 2.18. The maximum Gasteiger partial charge on any atom is 0.224 e. The summed E-state index contributed by atoms with van der Waals surface area (Å²) < 4.78 is 13.2. The number of hydrogen-bond donors (Lipinski definition) is 3. The first-order chi connectivity index (χ1) is 11.5. The summed E-state index contributed by atoms with van der Waals surface area (Å²) in [4.78, 5) is 12.1. The van der Waals surface area contributed by atoms with E-state index in [-0.39, 0.29) is 30.9 Å². The van der Waals surface area contributed by atoms with Crippen molar-refractivity contribution < 1.29 is 19.4 Å². The molecule has 2 aromatic rings. The Bertz CT molecular complexity index is 703. The van der Waals surface area contributed by atoms with E-state index >= 15 is 0 Å². The molecule has 0 aromatic heterocycles. The molecular weight excluding hydrogens is 309 g/mol. The van der Waals surface area contributed by atoms with E-state index < -0.39 is 0 Å². The second-order valence-electron chi connectivity index (χ2n) is 5.99. The second kappa shape index (κ2) is 8.57. The third kappa shape index (κ3) is 5.15. The van der Waals surface area contributed by atoms with Crippen LogP contribution in [0.3, 0.4) is 0 Å². The molecule has 1 unspecified atom stereocenters. The summed E-state index contributed by atoms with van der Waals surface area (Å²) in [6.45, 7) is 1.59. The van der Waals surface area contributed by atoms with Crippen molar-refractivity contribution in [1.82, 2.24) is 0 Å². The number of rotatable bonds is 7. The molecule has 2 rings (SSSR count). The van der Waals surface area contributed by atoms with E-state index in [1.807, 2.05) is 13.0 Å². The highest BCUT2D eigenvalue weighted by Gasteiger charge is 2.11. The van der Waals surface area contributed by atoms with E-state index in [9.17, 15) is 19.4 Å². The Hall–Kier alpha value is -2.24. The van der Waals surface area contributed by atoms with Crippen LogP contribution in [0.4, 0.5) is 10.1 Å². The summed E-state index contributed by atoms with van der Waals surface area (Å²) in [7, 11) is 0. The average molecular weight is 331 g/mol. The minimum atomic E-state index is -0.273. The Morgan fingerprint density at radius 1 is 1.12 bits per heavy atom. The second-order valence-corrected chi connectivity index (χ2v) is 5.99. The molecule has 4 nitrogen and oxygen atoms in total. The zero-order chi connectivity index (χ0) is 17.5. The largest absolute Gasteiger partial charge is 0.392 e. The first-order valence-corrected chi connectivity index (χ1v) is 7.89. The van der Waals surface area contributed by atoms with Crippen molar-refractivity contribution in [2.75, 3.05) is 5.32 Å². The van der Waals surface area contributed by atoms with E-state index in [1.165, 1.54) is 12.1 Å². The molecule has 0 radical (unpaired) electrons. The average Bonchev–Trinajstić information content (AvgIpc) is 2.54. The Balaban J connectivity index is 1.92. The van der Waals surface area contributed by atoms with E-state index in [1.54, 1.807) is 24.3 Å². The molecule has 0 spiro atoms. The third-order valence-corrected chi connectivity index (χ3v) is 3.84. The number of nitrogens with one attached hydrogen (secondary N) is 1. The van der Waals surface area contributed by atoms with Crippen molar-refractivity contribution in [2.45, 2.75) is 33.0 Å². The lowest BCUT2D eigenvalue weighted by Gasteiger charge is -2.13. The molecule has 1 amide bonds. The van der Waals surface area contributed by atoms with Crippen LogP contribution in [0.25, 0.3) is 0 Å². The van der Waals surface area contributed by atoms with Gasteiger partial charge in [-0.15, -0.1) is 0 Å². The van der Waals surface area contributed by atoms with Crippen LogP contribution in [0.15, 0.2) is 42.5 Å². The van der Waals surface area contributed by atoms with Crippen LogP contribution in [-0.2, 0) is 24.4 Å². The summed E-state index contributed by atoms with van der Waals surface area (Å²) in [5.74, 6) is -0.343. The Labute approximate surface area is 141 Å². The van der Waals surface area contributed by atoms with Crippen molar-refractivity contribution in [3.05, 3.63) is 65.0 Å².